The molecule has 0 saturated carbocycles. The van der Waals surface area contributed by atoms with Crippen molar-refractivity contribution in [3.8, 4) is 0 Å². The predicted octanol–water partition coefficient (Wildman–Crippen LogP) is 4.09. The van der Waals surface area contributed by atoms with E-state index < -0.39 is 0 Å². The average molecular weight is 498 g/mol. The number of guanidine groups is 1. The van der Waals surface area contributed by atoms with Gasteiger partial charge in [-0.2, -0.15) is 0 Å². The van der Waals surface area contributed by atoms with E-state index in [0.29, 0.717) is 5.15 Å². The van der Waals surface area contributed by atoms with Gasteiger partial charge in [0.25, 0.3) is 0 Å². The van der Waals surface area contributed by atoms with Crippen LogP contribution in [0.15, 0.2) is 47.7 Å². The van der Waals surface area contributed by atoms with Gasteiger partial charge in [-0.1, -0.05) is 35.9 Å². The number of aromatic nitrogens is 2. The Bertz CT molecular complexity index is 889. The number of fused-ring (bicyclic) bond motifs is 1. The molecule has 0 spiro atoms. The van der Waals surface area contributed by atoms with E-state index in [0.717, 1.165) is 37.5 Å². The summed E-state index contributed by atoms with van der Waals surface area (Å²) in [6, 6.07) is 10.2. The molecule has 2 heterocycles. The summed E-state index contributed by atoms with van der Waals surface area (Å²) >= 11 is 5.80. The van der Waals surface area contributed by atoms with Crippen LogP contribution in [-0.4, -0.2) is 36.1 Å². The summed E-state index contributed by atoms with van der Waals surface area (Å²) in [5, 5.41) is 8.52. The number of halogens is 2. The van der Waals surface area contributed by atoms with E-state index in [2.05, 4.69) is 56.9 Å². The van der Waals surface area contributed by atoms with Gasteiger partial charge < -0.3 is 15.6 Å². The van der Waals surface area contributed by atoms with Crippen molar-refractivity contribution in [2.45, 2.75) is 19.8 Å². The number of aryl methyl sites for hydroxylation is 1. The number of nitrogens with zero attached hydrogens (tertiary/aromatic N) is 2. The third-order valence-electron chi connectivity index (χ3n) is 4.41. The molecule has 1 aromatic carbocycles. The van der Waals surface area contributed by atoms with Crippen LogP contribution in [-0.2, 0) is 12.8 Å². The van der Waals surface area contributed by atoms with Crippen LogP contribution in [0.5, 0.6) is 0 Å². The molecular formula is C20H25ClIN5. The van der Waals surface area contributed by atoms with Crippen LogP contribution in [0.4, 0.5) is 0 Å². The number of hydrogen-bond acceptors (Lipinski definition) is 2. The summed E-state index contributed by atoms with van der Waals surface area (Å²) in [6.45, 7) is 3.74. The van der Waals surface area contributed by atoms with Gasteiger partial charge in [-0.3, -0.25) is 4.99 Å². The van der Waals surface area contributed by atoms with Crippen LogP contribution in [0.25, 0.3) is 10.9 Å². The first kappa shape index (κ1) is 21.5. The Labute approximate surface area is 182 Å². The summed E-state index contributed by atoms with van der Waals surface area (Å²) in [4.78, 5) is 11.7. The number of para-hydroxylation sites is 1. The lowest BCUT2D eigenvalue weighted by Crippen LogP contribution is -2.39. The lowest BCUT2D eigenvalue weighted by atomic mass is 10.1. The highest BCUT2D eigenvalue weighted by molar-refractivity contribution is 14.0. The van der Waals surface area contributed by atoms with Gasteiger partial charge in [-0.05, 0) is 42.5 Å². The molecule has 7 heteroatoms. The van der Waals surface area contributed by atoms with E-state index in [-0.39, 0.29) is 24.0 Å². The van der Waals surface area contributed by atoms with Crippen molar-refractivity contribution in [2.24, 2.45) is 4.99 Å². The number of benzene rings is 1. The minimum Gasteiger partial charge on any atom is -0.361 e. The third kappa shape index (κ3) is 5.84. The molecule has 144 valence electrons. The Morgan fingerprint density at radius 2 is 1.93 bits per heavy atom. The molecule has 0 amide bonds. The van der Waals surface area contributed by atoms with Gasteiger partial charge in [-0.15, -0.1) is 24.0 Å². The van der Waals surface area contributed by atoms with E-state index in [1.54, 1.807) is 13.2 Å². The first-order valence-corrected chi connectivity index (χ1v) is 9.15. The fourth-order valence-electron chi connectivity index (χ4n) is 2.99. The fourth-order valence-corrected chi connectivity index (χ4v) is 3.10. The van der Waals surface area contributed by atoms with Crippen LogP contribution in [0.3, 0.4) is 0 Å². The zero-order chi connectivity index (χ0) is 18.4. The van der Waals surface area contributed by atoms with Crippen molar-refractivity contribution in [1.29, 1.82) is 0 Å². The number of hydrogen-bond donors (Lipinski definition) is 3. The molecule has 0 aliphatic rings. The van der Waals surface area contributed by atoms with E-state index in [4.69, 9.17) is 11.6 Å². The van der Waals surface area contributed by atoms with Gasteiger partial charge in [0, 0.05) is 43.4 Å². The van der Waals surface area contributed by atoms with E-state index in [1.165, 1.54) is 22.0 Å². The standard InChI is InChI=1S/C20H24ClN5.HI/c1-14-4-3-5-17-16(13-26-19(14)17)9-11-24-20(22-2)23-10-8-15-6-7-18(21)25-12-15;/h3-7,12-13,26H,8-11H2,1-2H3,(H2,22,23,24);1H. The molecule has 5 nitrogen and oxygen atoms in total. The average Bonchev–Trinajstić information content (AvgIpc) is 3.06. The van der Waals surface area contributed by atoms with E-state index in [9.17, 15) is 0 Å². The second-order valence-corrected chi connectivity index (χ2v) is 6.61. The Balaban J connectivity index is 0.00000261. The quantitative estimate of drug-likeness (QED) is 0.208. The Morgan fingerprint density at radius 1 is 1.15 bits per heavy atom. The second-order valence-electron chi connectivity index (χ2n) is 6.23. The summed E-state index contributed by atoms with van der Waals surface area (Å²) in [5.74, 6) is 0.808. The first-order valence-electron chi connectivity index (χ1n) is 8.78. The molecule has 3 aromatic rings. The van der Waals surface area contributed by atoms with Crippen molar-refractivity contribution < 1.29 is 0 Å². The van der Waals surface area contributed by atoms with Crippen molar-refractivity contribution in [2.75, 3.05) is 20.1 Å². The number of rotatable bonds is 6. The molecule has 2 aromatic heterocycles. The van der Waals surface area contributed by atoms with Gasteiger partial charge in [-0.25, -0.2) is 4.98 Å². The second kappa shape index (κ2) is 10.5. The minimum atomic E-state index is 0. The van der Waals surface area contributed by atoms with Gasteiger partial charge in [0.15, 0.2) is 5.96 Å². The Kier molecular flexibility index (Phi) is 8.37. The molecule has 0 atom stereocenters. The molecule has 0 aliphatic carbocycles. The Hall–Kier alpha value is -1.80. The van der Waals surface area contributed by atoms with Crippen molar-refractivity contribution in [1.82, 2.24) is 20.6 Å². The molecule has 0 fully saturated rings. The number of aromatic amines is 1. The van der Waals surface area contributed by atoms with Crippen LogP contribution in [0.1, 0.15) is 16.7 Å². The van der Waals surface area contributed by atoms with Crippen LogP contribution >= 0.6 is 35.6 Å². The summed E-state index contributed by atoms with van der Waals surface area (Å²) in [7, 11) is 1.79. The molecule has 0 bridgehead atoms. The summed E-state index contributed by atoms with van der Waals surface area (Å²) in [5.41, 5.74) is 4.96. The fraction of sp³-hybridized carbons (Fsp3) is 0.300. The lowest BCUT2D eigenvalue weighted by Gasteiger charge is -2.11. The van der Waals surface area contributed by atoms with Gasteiger partial charge in [0.05, 0.1) is 0 Å². The highest BCUT2D eigenvalue weighted by Gasteiger charge is 2.05. The van der Waals surface area contributed by atoms with Crippen molar-refractivity contribution >= 4 is 52.4 Å². The first-order chi connectivity index (χ1) is 12.7. The monoisotopic (exact) mass is 497 g/mol. The zero-order valence-corrected chi connectivity index (χ0v) is 18.6. The van der Waals surface area contributed by atoms with Gasteiger partial charge in [0.2, 0.25) is 0 Å². The molecule has 0 radical (unpaired) electrons. The molecule has 3 N–H and O–H groups in total. The topological polar surface area (TPSA) is 65.1 Å². The normalized spacial score (nSPS) is 11.3. The predicted molar refractivity (Wildman–Crippen MR) is 124 cm³/mol. The summed E-state index contributed by atoms with van der Waals surface area (Å²) in [6.07, 6.45) is 5.71. The number of pyridine rings is 1. The number of aliphatic imine (C=N–C) groups is 1. The largest absolute Gasteiger partial charge is 0.361 e. The molecule has 0 aliphatic heterocycles. The van der Waals surface area contributed by atoms with E-state index >= 15 is 0 Å². The lowest BCUT2D eigenvalue weighted by molar-refractivity contribution is 0.784. The third-order valence-corrected chi connectivity index (χ3v) is 4.64. The maximum atomic E-state index is 5.80. The molecule has 27 heavy (non-hydrogen) atoms. The number of nitrogens with one attached hydrogen (secondary N) is 3. The van der Waals surface area contributed by atoms with Crippen molar-refractivity contribution in [3.63, 3.8) is 0 Å². The molecular weight excluding hydrogens is 473 g/mol. The van der Waals surface area contributed by atoms with Crippen LogP contribution < -0.4 is 10.6 Å². The molecule has 3 rings (SSSR count). The smallest absolute Gasteiger partial charge is 0.190 e. The SMILES string of the molecule is CN=C(NCCc1ccc(Cl)nc1)NCCc1c[nH]c2c(C)cccc12.I. The highest BCUT2D eigenvalue weighted by atomic mass is 127. The maximum Gasteiger partial charge on any atom is 0.190 e. The maximum absolute atomic E-state index is 5.80. The number of H-pyrrole nitrogens is 1. The van der Waals surface area contributed by atoms with Gasteiger partial charge in [0.1, 0.15) is 5.15 Å². The van der Waals surface area contributed by atoms with Crippen LogP contribution in [0, 0.1) is 6.92 Å². The van der Waals surface area contributed by atoms with Crippen molar-refractivity contribution in [3.05, 3.63) is 64.6 Å². The van der Waals surface area contributed by atoms with Gasteiger partial charge >= 0.3 is 0 Å². The summed E-state index contributed by atoms with van der Waals surface area (Å²) < 4.78 is 0. The van der Waals surface area contributed by atoms with E-state index in [1.807, 2.05) is 12.1 Å². The van der Waals surface area contributed by atoms with Crippen LogP contribution in [0.2, 0.25) is 5.15 Å². The highest BCUT2D eigenvalue weighted by Crippen LogP contribution is 2.21. The minimum absolute atomic E-state index is 0. The molecule has 0 saturated heterocycles. The molecule has 0 unspecified atom stereocenters. The Morgan fingerprint density at radius 3 is 2.63 bits per heavy atom. The zero-order valence-electron chi connectivity index (χ0n) is 15.6.